The Morgan fingerprint density at radius 3 is 2.29 bits per heavy atom. The number of methoxy groups -OCH3 is 1. The molecular formula is C21H22O3. The summed E-state index contributed by atoms with van der Waals surface area (Å²) in [5.41, 5.74) is 2.12. The molecule has 124 valence electrons. The number of rotatable bonds is 6. The molecule has 3 rings (SSSR count). The van der Waals surface area contributed by atoms with Crippen LogP contribution in [0.25, 0.3) is 10.8 Å². The van der Waals surface area contributed by atoms with Crippen LogP contribution in [-0.2, 0) is 0 Å². The Labute approximate surface area is 142 Å². The molecular weight excluding hydrogens is 300 g/mol. The van der Waals surface area contributed by atoms with Crippen molar-refractivity contribution in [3.63, 3.8) is 0 Å². The van der Waals surface area contributed by atoms with E-state index in [1.165, 1.54) is 10.9 Å². The number of hydrogen-bond donors (Lipinski definition) is 1. The fourth-order valence-corrected chi connectivity index (χ4v) is 2.71. The van der Waals surface area contributed by atoms with Gasteiger partial charge in [0, 0.05) is 6.42 Å². The molecule has 0 saturated carbocycles. The van der Waals surface area contributed by atoms with Gasteiger partial charge in [-0.25, -0.2) is 0 Å². The van der Waals surface area contributed by atoms with E-state index in [2.05, 4.69) is 31.2 Å². The van der Waals surface area contributed by atoms with E-state index in [4.69, 9.17) is 9.47 Å². The number of hydrogen-bond acceptors (Lipinski definition) is 3. The van der Waals surface area contributed by atoms with Gasteiger partial charge in [0.05, 0.1) is 19.8 Å². The maximum Gasteiger partial charge on any atom is 0.119 e. The van der Waals surface area contributed by atoms with Gasteiger partial charge in [-0.3, -0.25) is 0 Å². The summed E-state index contributed by atoms with van der Waals surface area (Å²) in [5.74, 6) is 1.61. The fraction of sp³-hybridized carbons (Fsp3) is 0.238. The van der Waals surface area contributed by atoms with Crippen LogP contribution in [-0.4, -0.2) is 18.8 Å². The molecule has 0 spiro atoms. The Bertz CT molecular complexity index is 809. The number of fused-ring (bicyclic) bond motifs is 1. The van der Waals surface area contributed by atoms with Crippen LogP contribution in [0.5, 0.6) is 11.5 Å². The Balaban J connectivity index is 1.58. The first-order valence-electron chi connectivity index (χ1n) is 8.11. The lowest BCUT2D eigenvalue weighted by molar-refractivity contribution is 0.141. The van der Waals surface area contributed by atoms with Crippen molar-refractivity contribution in [1.29, 1.82) is 0 Å². The fourth-order valence-electron chi connectivity index (χ4n) is 2.71. The van der Waals surface area contributed by atoms with Gasteiger partial charge in [0.15, 0.2) is 0 Å². The Morgan fingerprint density at radius 2 is 1.54 bits per heavy atom. The van der Waals surface area contributed by atoms with Gasteiger partial charge in [0.25, 0.3) is 0 Å². The summed E-state index contributed by atoms with van der Waals surface area (Å²) in [6, 6.07) is 19.9. The Hall–Kier alpha value is -2.52. The van der Waals surface area contributed by atoms with Crippen LogP contribution >= 0.6 is 0 Å². The minimum absolute atomic E-state index is 0.463. The Morgan fingerprint density at radius 1 is 0.875 bits per heavy atom. The topological polar surface area (TPSA) is 38.7 Å². The molecule has 1 atom stereocenters. The van der Waals surface area contributed by atoms with Crippen LogP contribution < -0.4 is 9.47 Å². The molecule has 3 aromatic rings. The van der Waals surface area contributed by atoms with Gasteiger partial charge in [0.2, 0.25) is 0 Å². The molecule has 3 aromatic carbocycles. The second kappa shape index (κ2) is 7.37. The van der Waals surface area contributed by atoms with Gasteiger partial charge in [-0.15, -0.1) is 0 Å². The van der Waals surface area contributed by atoms with Gasteiger partial charge in [-0.05, 0) is 47.5 Å². The highest BCUT2D eigenvalue weighted by Gasteiger charge is 2.08. The van der Waals surface area contributed by atoms with Crippen LogP contribution in [0.4, 0.5) is 0 Å². The SMILES string of the molecule is COc1ccc(C(O)CCOc2ccc3cc(C)ccc3c2)cc1. The first-order valence-corrected chi connectivity index (χ1v) is 8.11. The van der Waals surface area contributed by atoms with Crippen LogP contribution in [0.3, 0.4) is 0 Å². The molecule has 0 aliphatic heterocycles. The van der Waals surface area contributed by atoms with E-state index in [0.29, 0.717) is 13.0 Å². The molecule has 1 unspecified atom stereocenters. The van der Waals surface area contributed by atoms with Gasteiger partial charge in [0.1, 0.15) is 11.5 Å². The molecule has 3 nitrogen and oxygen atoms in total. The summed E-state index contributed by atoms with van der Waals surface area (Å²) in [6.45, 7) is 2.55. The molecule has 24 heavy (non-hydrogen) atoms. The predicted molar refractivity (Wildman–Crippen MR) is 96.8 cm³/mol. The summed E-state index contributed by atoms with van der Waals surface area (Å²) < 4.78 is 10.9. The normalized spacial score (nSPS) is 12.1. The third-order valence-electron chi connectivity index (χ3n) is 4.13. The standard InChI is InChI=1S/C21H22O3/c1-15-3-4-18-14-20(10-7-17(18)13-15)24-12-11-21(22)16-5-8-19(23-2)9-6-16/h3-10,13-14,21-22H,11-12H2,1-2H3. The third kappa shape index (κ3) is 3.87. The lowest BCUT2D eigenvalue weighted by atomic mass is 10.1. The second-order valence-corrected chi connectivity index (χ2v) is 5.94. The zero-order valence-electron chi connectivity index (χ0n) is 14.0. The van der Waals surface area contributed by atoms with E-state index in [-0.39, 0.29) is 0 Å². The lowest BCUT2D eigenvalue weighted by Gasteiger charge is -2.13. The van der Waals surface area contributed by atoms with Crippen molar-refractivity contribution >= 4 is 10.8 Å². The molecule has 0 heterocycles. The van der Waals surface area contributed by atoms with E-state index in [0.717, 1.165) is 22.4 Å². The summed E-state index contributed by atoms with van der Waals surface area (Å²) in [6.07, 6.45) is -0.00264. The van der Waals surface area contributed by atoms with Crippen LogP contribution in [0.15, 0.2) is 60.7 Å². The van der Waals surface area contributed by atoms with Gasteiger partial charge >= 0.3 is 0 Å². The first kappa shape index (κ1) is 16.3. The highest BCUT2D eigenvalue weighted by atomic mass is 16.5. The molecule has 0 aliphatic rings. The first-order chi connectivity index (χ1) is 11.7. The van der Waals surface area contributed by atoms with E-state index in [1.54, 1.807) is 7.11 Å². The molecule has 0 bridgehead atoms. The molecule has 3 heteroatoms. The number of aliphatic hydroxyl groups is 1. The van der Waals surface area contributed by atoms with Crippen molar-refractivity contribution in [2.75, 3.05) is 13.7 Å². The lowest BCUT2D eigenvalue weighted by Crippen LogP contribution is -2.05. The summed E-state index contributed by atoms with van der Waals surface area (Å²) >= 11 is 0. The van der Waals surface area contributed by atoms with E-state index >= 15 is 0 Å². The quantitative estimate of drug-likeness (QED) is 0.717. The molecule has 0 fully saturated rings. The van der Waals surface area contributed by atoms with Crippen molar-refractivity contribution in [1.82, 2.24) is 0 Å². The molecule has 0 aliphatic carbocycles. The molecule has 0 amide bonds. The molecule has 0 saturated heterocycles. The van der Waals surface area contributed by atoms with E-state index in [9.17, 15) is 5.11 Å². The predicted octanol–water partition coefficient (Wildman–Crippen LogP) is 4.66. The summed E-state index contributed by atoms with van der Waals surface area (Å²) in [5, 5.41) is 12.6. The largest absolute Gasteiger partial charge is 0.497 e. The minimum Gasteiger partial charge on any atom is -0.497 e. The summed E-state index contributed by atoms with van der Waals surface area (Å²) in [7, 11) is 1.63. The van der Waals surface area contributed by atoms with E-state index < -0.39 is 6.10 Å². The number of aryl methyl sites for hydroxylation is 1. The van der Waals surface area contributed by atoms with Gasteiger partial charge in [-0.2, -0.15) is 0 Å². The number of ether oxygens (including phenoxy) is 2. The monoisotopic (exact) mass is 322 g/mol. The average Bonchev–Trinajstić information content (AvgIpc) is 2.61. The molecule has 1 N–H and O–H groups in total. The zero-order chi connectivity index (χ0) is 16.9. The van der Waals surface area contributed by atoms with Crippen LogP contribution in [0, 0.1) is 6.92 Å². The Kier molecular flexibility index (Phi) is 5.02. The summed E-state index contributed by atoms with van der Waals surface area (Å²) in [4.78, 5) is 0. The average molecular weight is 322 g/mol. The number of aliphatic hydroxyl groups excluding tert-OH is 1. The number of benzene rings is 3. The van der Waals surface area contributed by atoms with Crippen molar-refractivity contribution in [3.05, 3.63) is 71.8 Å². The van der Waals surface area contributed by atoms with Crippen LogP contribution in [0.1, 0.15) is 23.7 Å². The maximum atomic E-state index is 10.2. The van der Waals surface area contributed by atoms with Gasteiger partial charge < -0.3 is 14.6 Å². The highest BCUT2D eigenvalue weighted by Crippen LogP contribution is 2.24. The highest BCUT2D eigenvalue weighted by molar-refractivity contribution is 5.84. The van der Waals surface area contributed by atoms with Crippen LogP contribution in [0.2, 0.25) is 0 Å². The van der Waals surface area contributed by atoms with Gasteiger partial charge in [-0.1, -0.05) is 42.0 Å². The van der Waals surface area contributed by atoms with Crippen molar-refractivity contribution in [2.45, 2.75) is 19.4 Å². The molecule has 0 aromatic heterocycles. The van der Waals surface area contributed by atoms with Crippen molar-refractivity contribution < 1.29 is 14.6 Å². The van der Waals surface area contributed by atoms with Crippen molar-refractivity contribution in [3.8, 4) is 11.5 Å². The zero-order valence-corrected chi connectivity index (χ0v) is 14.0. The van der Waals surface area contributed by atoms with Crippen molar-refractivity contribution in [2.24, 2.45) is 0 Å². The molecule has 0 radical (unpaired) electrons. The third-order valence-corrected chi connectivity index (χ3v) is 4.13. The minimum atomic E-state index is -0.543. The van der Waals surface area contributed by atoms with E-state index in [1.807, 2.05) is 36.4 Å². The second-order valence-electron chi connectivity index (χ2n) is 5.94. The smallest absolute Gasteiger partial charge is 0.119 e. The maximum absolute atomic E-state index is 10.2.